The zero-order valence-corrected chi connectivity index (χ0v) is 10.2. The van der Waals surface area contributed by atoms with Gasteiger partial charge in [0, 0.05) is 17.1 Å². The molecule has 0 spiro atoms. The minimum Gasteiger partial charge on any atom is -0.479 e. The van der Waals surface area contributed by atoms with Gasteiger partial charge in [-0.05, 0) is 24.3 Å². The zero-order valence-electron chi connectivity index (χ0n) is 10.2. The lowest BCUT2D eigenvalue weighted by Crippen LogP contribution is -2.10. The van der Waals surface area contributed by atoms with Crippen LogP contribution in [-0.4, -0.2) is 9.97 Å². The number of H-pyrrole nitrogens is 1. The molecule has 3 nitrogen and oxygen atoms in total. The molecular formula is C16H12N2O. The van der Waals surface area contributed by atoms with Crippen LogP contribution in [0.15, 0.2) is 54.9 Å². The van der Waals surface area contributed by atoms with Gasteiger partial charge in [-0.15, -0.1) is 0 Å². The minimum atomic E-state index is -0.116. The molecule has 1 unspecified atom stereocenters. The zero-order chi connectivity index (χ0) is 12.7. The predicted molar refractivity (Wildman–Crippen MR) is 74.9 cm³/mol. The van der Waals surface area contributed by atoms with Gasteiger partial charge in [0.05, 0.1) is 17.4 Å². The fourth-order valence-electron chi connectivity index (χ4n) is 2.37. The molecule has 1 N–H and O–H groups in total. The van der Waals surface area contributed by atoms with E-state index in [2.05, 4.69) is 22.1 Å². The molecule has 1 atom stereocenters. The fourth-order valence-corrected chi connectivity index (χ4v) is 2.37. The van der Waals surface area contributed by atoms with Crippen LogP contribution in [0.3, 0.4) is 0 Å². The first-order chi connectivity index (χ1) is 9.40. The summed E-state index contributed by atoms with van der Waals surface area (Å²) in [6.45, 7) is 0. The summed E-state index contributed by atoms with van der Waals surface area (Å²) in [6.07, 6.45) is 7.79. The van der Waals surface area contributed by atoms with Gasteiger partial charge < -0.3 is 9.72 Å². The third-order valence-corrected chi connectivity index (χ3v) is 3.37. The van der Waals surface area contributed by atoms with Gasteiger partial charge in [0.2, 0.25) is 0 Å². The van der Waals surface area contributed by atoms with Gasteiger partial charge in [-0.3, -0.25) is 4.98 Å². The second-order valence-electron chi connectivity index (χ2n) is 4.61. The van der Waals surface area contributed by atoms with Gasteiger partial charge in [0.25, 0.3) is 0 Å². The molecule has 19 heavy (non-hydrogen) atoms. The average Bonchev–Trinajstić information content (AvgIpc) is 2.94. The van der Waals surface area contributed by atoms with Crippen molar-refractivity contribution in [2.24, 2.45) is 0 Å². The Bertz CT molecular complexity index is 773. The molecule has 2 aromatic heterocycles. The van der Waals surface area contributed by atoms with Gasteiger partial charge in [-0.25, -0.2) is 0 Å². The van der Waals surface area contributed by atoms with Gasteiger partial charge in [-0.2, -0.15) is 0 Å². The highest BCUT2D eigenvalue weighted by Gasteiger charge is 2.17. The maximum atomic E-state index is 5.98. The number of hydrogen-bond donors (Lipinski definition) is 1. The summed E-state index contributed by atoms with van der Waals surface area (Å²) in [6, 6.07) is 12.1. The SMILES string of the molecule is C1=CC(c2cc3cc[nH]c3cn2)Oc2ccccc21. The molecule has 0 fully saturated rings. The molecule has 0 bridgehead atoms. The Balaban J connectivity index is 1.74. The average molecular weight is 248 g/mol. The number of pyridine rings is 1. The molecule has 0 saturated heterocycles. The number of fused-ring (bicyclic) bond motifs is 2. The van der Waals surface area contributed by atoms with Crippen LogP contribution < -0.4 is 4.74 Å². The second-order valence-corrected chi connectivity index (χ2v) is 4.61. The largest absolute Gasteiger partial charge is 0.479 e. The highest BCUT2D eigenvalue weighted by molar-refractivity contribution is 5.78. The predicted octanol–water partition coefficient (Wildman–Crippen LogP) is 3.71. The Morgan fingerprint density at radius 2 is 2.11 bits per heavy atom. The summed E-state index contributed by atoms with van der Waals surface area (Å²) >= 11 is 0. The smallest absolute Gasteiger partial charge is 0.159 e. The van der Waals surface area contributed by atoms with Crippen molar-refractivity contribution in [1.29, 1.82) is 0 Å². The number of benzene rings is 1. The molecule has 1 aliphatic heterocycles. The first-order valence-corrected chi connectivity index (χ1v) is 6.27. The highest BCUT2D eigenvalue weighted by atomic mass is 16.5. The third-order valence-electron chi connectivity index (χ3n) is 3.37. The van der Waals surface area contributed by atoms with E-state index in [1.165, 1.54) is 0 Å². The molecule has 0 aliphatic carbocycles. The molecule has 4 rings (SSSR count). The number of hydrogen-bond acceptors (Lipinski definition) is 2. The summed E-state index contributed by atoms with van der Waals surface area (Å²) in [5.41, 5.74) is 3.09. The maximum absolute atomic E-state index is 5.98. The van der Waals surface area contributed by atoms with Gasteiger partial charge in [-0.1, -0.05) is 24.3 Å². The third kappa shape index (κ3) is 1.71. The molecular weight excluding hydrogens is 236 g/mol. The van der Waals surface area contributed by atoms with Crippen LogP contribution >= 0.6 is 0 Å². The molecule has 1 aliphatic rings. The van der Waals surface area contributed by atoms with E-state index in [-0.39, 0.29) is 6.10 Å². The van der Waals surface area contributed by atoms with Gasteiger partial charge in [0.15, 0.2) is 6.10 Å². The Hall–Kier alpha value is -2.55. The fraction of sp³-hybridized carbons (Fsp3) is 0.0625. The Labute approximate surface area is 110 Å². The van der Waals surface area contributed by atoms with E-state index in [1.807, 2.05) is 48.8 Å². The van der Waals surface area contributed by atoms with E-state index in [4.69, 9.17) is 4.74 Å². The van der Waals surface area contributed by atoms with Crippen molar-refractivity contribution < 1.29 is 4.74 Å². The molecule has 0 radical (unpaired) electrons. The van der Waals surface area contributed by atoms with Crippen LogP contribution in [0, 0.1) is 0 Å². The van der Waals surface area contributed by atoms with Crippen molar-refractivity contribution in [3.05, 3.63) is 66.1 Å². The summed E-state index contributed by atoms with van der Waals surface area (Å²) < 4.78 is 5.98. The molecule has 0 saturated carbocycles. The maximum Gasteiger partial charge on any atom is 0.159 e. The molecule has 92 valence electrons. The van der Waals surface area contributed by atoms with Gasteiger partial charge >= 0.3 is 0 Å². The number of para-hydroxylation sites is 1. The highest BCUT2D eigenvalue weighted by Crippen LogP contribution is 2.32. The van der Waals surface area contributed by atoms with E-state index >= 15 is 0 Å². The molecule has 0 amide bonds. The number of aromatic nitrogens is 2. The first kappa shape index (κ1) is 10.4. The molecule has 3 heteroatoms. The van der Waals surface area contributed by atoms with Crippen LogP contribution in [0.25, 0.3) is 17.0 Å². The Kier molecular flexibility index (Phi) is 2.18. The number of nitrogens with one attached hydrogen (secondary N) is 1. The van der Waals surface area contributed by atoms with Crippen molar-refractivity contribution in [2.45, 2.75) is 6.10 Å². The lowest BCUT2D eigenvalue weighted by Gasteiger charge is -2.20. The van der Waals surface area contributed by atoms with Crippen molar-refractivity contribution >= 4 is 17.0 Å². The number of aromatic amines is 1. The van der Waals surface area contributed by atoms with E-state index in [1.54, 1.807) is 0 Å². The number of rotatable bonds is 1. The Morgan fingerprint density at radius 3 is 3.11 bits per heavy atom. The van der Waals surface area contributed by atoms with Crippen molar-refractivity contribution in [1.82, 2.24) is 9.97 Å². The van der Waals surface area contributed by atoms with Crippen LogP contribution in [0.1, 0.15) is 17.4 Å². The van der Waals surface area contributed by atoms with Gasteiger partial charge in [0.1, 0.15) is 5.75 Å². The summed E-state index contributed by atoms with van der Waals surface area (Å²) in [4.78, 5) is 7.61. The first-order valence-electron chi connectivity index (χ1n) is 6.27. The van der Waals surface area contributed by atoms with Crippen LogP contribution in [0.5, 0.6) is 5.75 Å². The summed E-state index contributed by atoms with van der Waals surface area (Å²) in [5, 5.41) is 1.15. The number of nitrogens with zero attached hydrogens (tertiary/aromatic N) is 1. The Morgan fingerprint density at radius 1 is 1.16 bits per heavy atom. The topological polar surface area (TPSA) is 37.9 Å². The standard InChI is InChI=1S/C16H12N2O/c1-2-4-15-11(3-1)5-6-16(19-15)13-9-12-7-8-17-14(12)10-18-13/h1-10,16-17H. The van der Waals surface area contributed by atoms with Crippen LogP contribution in [0.4, 0.5) is 0 Å². The van der Waals surface area contributed by atoms with E-state index in [0.717, 1.165) is 27.9 Å². The monoisotopic (exact) mass is 248 g/mol. The number of ether oxygens (including phenoxy) is 1. The lowest BCUT2D eigenvalue weighted by molar-refractivity contribution is 0.247. The van der Waals surface area contributed by atoms with Crippen molar-refractivity contribution in [3.8, 4) is 5.75 Å². The molecule has 3 aromatic rings. The van der Waals surface area contributed by atoms with Crippen LogP contribution in [0.2, 0.25) is 0 Å². The second kappa shape index (κ2) is 3.99. The summed E-state index contributed by atoms with van der Waals surface area (Å²) in [5.74, 6) is 0.908. The minimum absolute atomic E-state index is 0.116. The molecule has 3 heterocycles. The van der Waals surface area contributed by atoms with E-state index in [0.29, 0.717) is 0 Å². The van der Waals surface area contributed by atoms with E-state index in [9.17, 15) is 0 Å². The molecule has 1 aromatic carbocycles. The van der Waals surface area contributed by atoms with Crippen molar-refractivity contribution in [3.63, 3.8) is 0 Å². The summed E-state index contributed by atoms with van der Waals surface area (Å²) in [7, 11) is 0. The van der Waals surface area contributed by atoms with E-state index < -0.39 is 0 Å². The van der Waals surface area contributed by atoms with Crippen LogP contribution in [-0.2, 0) is 0 Å². The van der Waals surface area contributed by atoms with Crippen molar-refractivity contribution in [2.75, 3.05) is 0 Å². The normalized spacial score (nSPS) is 17.2. The quantitative estimate of drug-likeness (QED) is 0.712. The lowest BCUT2D eigenvalue weighted by atomic mass is 10.1.